The number of aromatic nitrogens is 2. The van der Waals surface area contributed by atoms with Crippen molar-refractivity contribution in [1.82, 2.24) is 20.4 Å². The molecule has 2 aliphatic heterocycles. The number of nitrogens with zero attached hydrogens (tertiary/aromatic N) is 2. The zero-order chi connectivity index (χ0) is 20.8. The van der Waals surface area contributed by atoms with Gasteiger partial charge in [0, 0.05) is 18.9 Å². The highest BCUT2D eigenvalue weighted by Crippen LogP contribution is 2.34. The van der Waals surface area contributed by atoms with Crippen LogP contribution in [0.5, 0.6) is 5.75 Å². The van der Waals surface area contributed by atoms with Crippen LogP contribution in [0.4, 0.5) is 0 Å². The molecule has 0 spiro atoms. The first kappa shape index (κ1) is 19.4. The second kappa shape index (κ2) is 7.14. The molecular formula is C18H20N4O6S. The Kier molecular flexibility index (Phi) is 4.77. The molecule has 4 rings (SSSR count). The highest BCUT2D eigenvalue weighted by atomic mass is 32.2. The van der Waals surface area contributed by atoms with E-state index in [1.54, 1.807) is 23.9 Å². The molecule has 0 bridgehead atoms. The number of imide groups is 1. The first-order valence-corrected chi connectivity index (χ1v) is 11.0. The predicted molar refractivity (Wildman–Crippen MR) is 102 cm³/mol. The number of fused-ring (bicyclic) bond motifs is 1. The van der Waals surface area contributed by atoms with Crippen LogP contribution in [-0.4, -0.2) is 60.1 Å². The number of benzene rings is 1. The molecule has 2 aliphatic rings. The van der Waals surface area contributed by atoms with Gasteiger partial charge in [-0.1, -0.05) is 12.1 Å². The summed E-state index contributed by atoms with van der Waals surface area (Å²) in [5.74, 6) is -1.28. The lowest BCUT2D eigenvalue weighted by atomic mass is 9.93. The van der Waals surface area contributed by atoms with Crippen molar-refractivity contribution in [1.29, 1.82) is 0 Å². The number of aryl methyl sites for hydroxylation is 1. The lowest BCUT2D eigenvalue weighted by Gasteiger charge is -2.26. The molecule has 2 fully saturated rings. The van der Waals surface area contributed by atoms with Crippen molar-refractivity contribution in [3.05, 3.63) is 23.9 Å². The summed E-state index contributed by atoms with van der Waals surface area (Å²) in [6, 6.07) is 4.88. The van der Waals surface area contributed by atoms with Gasteiger partial charge >= 0.3 is 0 Å². The number of carbonyl (C=O) groups excluding carboxylic acids is 3. The van der Waals surface area contributed by atoms with E-state index in [-0.39, 0.29) is 42.4 Å². The summed E-state index contributed by atoms with van der Waals surface area (Å²) in [6.45, 7) is -0.269. The maximum Gasteiger partial charge on any atom is 0.258 e. The Hall–Kier alpha value is -2.95. The van der Waals surface area contributed by atoms with Crippen LogP contribution >= 0.6 is 0 Å². The van der Waals surface area contributed by atoms with E-state index in [0.717, 1.165) is 0 Å². The van der Waals surface area contributed by atoms with Gasteiger partial charge in [-0.3, -0.25) is 24.4 Å². The van der Waals surface area contributed by atoms with E-state index < -0.39 is 21.7 Å². The van der Waals surface area contributed by atoms with Crippen LogP contribution in [0, 0.1) is 0 Å². The van der Waals surface area contributed by atoms with Crippen LogP contribution in [0.15, 0.2) is 18.2 Å². The van der Waals surface area contributed by atoms with Gasteiger partial charge in [-0.05, 0) is 12.5 Å². The standard InChI is InChI=1S/C18H20N4O6S/c1-22-17-11(16(21-22)12-5-6-14(23)20-18(12)25)3-2-4-13(17)28-7-15(24)19-10-8-29(26,27)9-10/h2-4,10,12H,5-9H2,1H3,(H,19,24)(H,20,23,25). The van der Waals surface area contributed by atoms with Crippen LogP contribution in [0.2, 0.25) is 0 Å². The van der Waals surface area contributed by atoms with Crippen molar-refractivity contribution >= 4 is 38.5 Å². The van der Waals surface area contributed by atoms with Crippen LogP contribution in [-0.2, 0) is 31.3 Å². The molecule has 3 amide bonds. The number of carbonyl (C=O) groups is 3. The van der Waals surface area contributed by atoms with Gasteiger partial charge in [0.15, 0.2) is 16.4 Å². The third kappa shape index (κ3) is 3.82. The second-order valence-electron chi connectivity index (χ2n) is 7.29. The summed E-state index contributed by atoms with van der Waals surface area (Å²) in [5.41, 5.74) is 1.19. The second-order valence-corrected chi connectivity index (χ2v) is 9.45. The maximum absolute atomic E-state index is 12.2. The third-order valence-corrected chi connectivity index (χ3v) is 6.88. The summed E-state index contributed by atoms with van der Waals surface area (Å²) < 4.78 is 29.6. The van der Waals surface area contributed by atoms with Crippen molar-refractivity contribution in [2.75, 3.05) is 18.1 Å². The van der Waals surface area contributed by atoms with Gasteiger partial charge in [-0.2, -0.15) is 5.10 Å². The van der Waals surface area contributed by atoms with Gasteiger partial charge in [-0.25, -0.2) is 8.42 Å². The molecule has 1 unspecified atom stereocenters. The smallest absolute Gasteiger partial charge is 0.258 e. The molecule has 1 aromatic heterocycles. The lowest BCUT2D eigenvalue weighted by molar-refractivity contribution is -0.134. The van der Waals surface area contributed by atoms with E-state index >= 15 is 0 Å². The fourth-order valence-corrected chi connectivity index (χ4v) is 5.01. The first-order valence-electron chi connectivity index (χ1n) is 9.15. The van der Waals surface area contributed by atoms with Crippen LogP contribution in [0.1, 0.15) is 24.5 Å². The number of amides is 3. The zero-order valence-corrected chi connectivity index (χ0v) is 16.5. The van der Waals surface area contributed by atoms with E-state index in [4.69, 9.17) is 4.74 Å². The molecule has 0 radical (unpaired) electrons. The number of nitrogens with one attached hydrogen (secondary N) is 2. The minimum atomic E-state index is -3.01. The molecule has 11 heteroatoms. The number of hydrogen-bond acceptors (Lipinski definition) is 7. The average Bonchev–Trinajstić information content (AvgIpc) is 2.96. The summed E-state index contributed by atoms with van der Waals surface area (Å²) in [7, 11) is -1.30. The highest BCUT2D eigenvalue weighted by molar-refractivity contribution is 7.92. The van der Waals surface area contributed by atoms with Crippen molar-refractivity contribution in [3.63, 3.8) is 0 Å². The number of para-hydroxylation sites is 1. The van der Waals surface area contributed by atoms with Gasteiger partial charge in [0.05, 0.1) is 29.2 Å². The Labute approximate surface area is 166 Å². The van der Waals surface area contributed by atoms with Gasteiger partial charge < -0.3 is 10.1 Å². The number of sulfone groups is 1. The molecule has 2 aromatic rings. The number of piperidine rings is 1. The molecule has 0 saturated carbocycles. The van der Waals surface area contributed by atoms with Crippen molar-refractivity contribution in [2.24, 2.45) is 7.05 Å². The Morgan fingerprint density at radius 1 is 1.34 bits per heavy atom. The lowest BCUT2D eigenvalue weighted by Crippen LogP contribution is -2.53. The molecule has 1 aromatic carbocycles. The summed E-state index contributed by atoms with van der Waals surface area (Å²) >= 11 is 0. The molecule has 29 heavy (non-hydrogen) atoms. The van der Waals surface area contributed by atoms with Crippen molar-refractivity contribution in [2.45, 2.75) is 24.8 Å². The SMILES string of the molecule is Cn1nc(C2CCC(=O)NC2=O)c2cccc(OCC(=O)NC3CS(=O)(=O)C3)c21. The predicted octanol–water partition coefficient (Wildman–Crippen LogP) is -0.614. The number of rotatable bonds is 5. The van der Waals surface area contributed by atoms with Crippen LogP contribution in [0.3, 0.4) is 0 Å². The summed E-state index contributed by atoms with van der Waals surface area (Å²) in [5, 5.41) is 10.1. The quantitative estimate of drug-likeness (QED) is 0.616. The topological polar surface area (TPSA) is 136 Å². The monoisotopic (exact) mass is 420 g/mol. The van der Waals surface area contributed by atoms with Crippen molar-refractivity contribution < 1.29 is 27.5 Å². The Balaban J connectivity index is 1.51. The molecule has 154 valence electrons. The molecule has 2 saturated heterocycles. The Bertz CT molecular complexity index is 1110. The summed E-state index contributed by atoms with van der Waals surface area (Å²) in [6.07, 6.45) is 0.635. The summed E-state index contributed by atoms with van der Waals surface area (Å²) in [4.78, 5) is 35.7. The largest absolute Gasteiger partial charge is 0.482 e. The molecule has 1 atom stereocenters. The van der Waals surface area contributed by atoms with E-state index in [2.05, 4.69) is 15.7 Å². The van der Waals surface area contributed by atoms with Gasteiger partial charge in [0.25, 0.3) is 5.91 Å². The molecule has 10 nitrogen and oxygen atoms in total. The van der Waals surface area contributed by atoms with Gasteiger partial charge in [-0.15, -0.1) is 0 Å². The van der Waals surface area contributed by atoms with Gasteiger partial charge in [0.2, 0.25) is 11.8 Å². The molecular weight excluding hydrogens is 400 g/mol. The Morgan fingerprint density at radius 2 is 2.10 bits per heavy atom. The van der Waals surface area contributed by atoms with Gasteiger partial charge in [0.1, 0.15) is 11.3 Å². The van der Waals surface area contributed by atoms with E-state index in [1.165, 1.54) is 0 Å². The van der Waals surface area contributed by atoms with Crippen LogP contribution in [0.25, 0.3) is 10.9 Å². The van der Waals surface area contributed by atoms with E-state index in [9.17, 15) is 22.8 Å². The minimum absolute atomic E-state index is 0.0502. The maximum atomic E-state index is 12.2. The van der Waals surface area contributed by atoms with Crippen molar-refractivity contribution in [3.8, 4) is 5.75 Å². The Morgan fingerprint density at radius 3 is 2.79 bits per heavy atom. The minimum Gasteiger partial charge on any atom is -0.482 e. The average molecular weight is 420 g/mol. The normalized spacial score (nSPS) is 21.5. The highest BCUT2D eigenvalue weighted by Gasteiger charge is 2.34. The first-order chi connectivity index (χ1) is 13.7. The number of hydrogen-bond donors (Lipinski definition) is 2. The van der Waals surface area contributed by atoms with E-state index in [0.29, 0.717) is 28.8 Å². The number of ether oxygens (including phenoxy) is 1. The molecule has 0 aliphatic carbocycles. The third-order valence-electron chi connectivity index (χ3n) is 5.06. The molecule has 3 heterocycles. The zero-order valence-electron chi connectivity index (χ0n) is 15.7. The fraction of sp³-hybridized carbons (Fsp3) is 0.444. The fourth-order valence-electron chi connectivity index (χ4n) is 3.72. The molecule has 2 N–H and O–H groups in total. The van der Waals surface area contributed by atoms with Crippen LogP contribution < -0.4 is 15.4 Å². The van der Waals surface area contributed by atoms with E-state index in [1.807, 2.05) is 6.07 Å².